The van der Waals surface area contributed by atoms with Crippen molar-refractivity contribution in [3.8, 4) is 11.5 Å². The smallest absolute Gasteiger partial charge is 0.119 e. The summed E-state index contributed by atoms with van der Waals surface area (Å²) in [7, 11) is 0. The molecule has 0 saturated carbocycles. The second kappa shape index (κ2) is 13.3. The minimum atomic E-state index is 0.370. The predicted octanol–water partition coefficient (Wildman–Crippen LogP) is 0.258. The molecule has 0 saturated heterocycles. The molecule has 0 radical (unpaired) electrons. The molecule has 22 heavy (non-hydrogen) atoms. The van der Waals surface area contributed by atoms with Crippen LogP contribution in [0.1, 0.15) is 0 Å². The van der Waals surface area contributed by atoms with Crippen molar-refractivity contribution < 1.29 is 28.6 Å². The van der Waals surface area contributed by atoms with Gasteiger partial charge < -0.3 is 28.6 Å². The zero-order valence-electron chi connectivity index (χ0n) is 12.6. The van der Waals surface area contributed by atoms with Crippen molar-refractivity contribution in [2.24, 2.45) is 11.8 Å². The van der Waals surface area contributed by atoms with Crippen molar-refractivity contribution in [3.63, 3.8) is 0 Å². The van der Waals surface area contributed by atoms with E-state index in [4.69, 9.17) is 30.7 Å². The average Bonchev–Trinajstić information content (AvgIpc) is 2.55. The molecular formula is C14H24N2O6. The average molecular weight is 316 g/mol. The minimum Gasteiger partial charge on any atom is -0.491 e. The normalized spacial score (nSPS) is 10.6. The van der Waals surface area contributed by atoms with Gasteiger partial charge in [-0.15, -0.1) is 0 Å². The van der Waals surface area contributed by atoms with Gasteiger partial charge in [-0.05, 0) is 24.3 Å². The van der Waals surface area contributed by atoms with E-state index in [9.17, 15) is 0 Å². The van der Waals surface area contributed by atoms with Crippen LogP contribution in [-0.2, 0) is 19.1 Å². The van der Waals surface area contributed by atoms with Gasteiger partial charge in [0.05, 0.1) is 39.6 Å². The van der Waals surface area contributed by atoms with Crippen LogP contribution in [0.2, 0.25) is 0 Å². The van der Waals surface area contributed by atoms with Crippen molar-refractivity contribution >= 4 is 0 Å². The number of rotatable bonds is 14. The first-order valence-corrected chi connectivity index (χ1v) is 7.01. The molecule has 4 N–H and O–H groups in total. The zero-order valence-corrected chi connectivity index (χ0v) is 12.6. The Morgan fingerprint density at radius 1 is 0.545 bits per heavy atom. The van der Waals surface area contributed by atoms with Crippen LogP contribution in [0, 0.1) is 0 Å². The molecule has 8 nitrogen and oxygen atoms in total. The van der Waals surface area contributed by atoms with Crippen LogP contribution in [0.4, 0.5) is 0 Å². The molecule has 1 rings (SSSR count). The number of hydrogen-bond donors (Lipinski definition) is 2. The summed E-state index contributed by atoms with van der Waals surface area (Å²) in [5.41, 5.74) is 0. The van der Waals surface area contributed by atoms with Gasteiger partial charge in [0.2, 0.25) is 0 Å². The van der Waals surface area contributed by atoms with Crippen LogP contribution in [0.3, 0.4) is 0 Å². The Bertz CT molecular complexity index is 328. The van der Waals surface area contributed by atoms with Crippen molar-refractivity contribution in [2.45, 2.75) is 0 Å². The Kier molecular flexibility index (Phi) is 11.2. The molecule has 0 aliphatic carbocycles. The fourth-order valence-corrected chi connectivity index (χ4v) is 1.49. The van der Waals surface area contributed by atoms with E-state index in [1.807, 2.05) is 24.3 Å². The van der Waals surface area contributed by atoms with Crippen LogP contribution in [0.25, 0.3) is 0 Å². The standard InChI is InChI=1S/C14H24N2O6/c15-21-11-7-17-5-9-19-13-1-2-14(4-3-13)20-10-6-18-8-12-22-16/h1-4H,5-12,15-16H2. The first-order chi connectivity index (χ1) is 10.9. The van der Waals surface area contributed by atoms with Crippen LogP contribution < -0.4 is 21.3 Å². The van der Waals surface area contributed by atoms with Gasteiger partial charge in [-0.25, -0.2) is 11.8 Å². The highest BCUT2D eigenvalue weighted by atomic mass is 16.6. The first kappa shape index (κ1) is 18.6. The van der Waals surface area contributed by atoms with E-state index in [1.54, 1.807) is 0 Å². The molecule has 0 spiro atoms. The molecule has 0 fully saturated rings. The minimum absolute atomic E-state index is 0.370. The summed E-state index contributed by atoms with van der Waals surface area (Å²) >= 11 is 0. The molecule has 1 aromatic carbocycles. The Balaban J connectivity index is 2.07. The number of ether oxygens (including phenoxy) is 4. The molecule has 0 bridgehead atoms. The summed E-state index contributed by atoms with van der Waals surface area (Å²) in [6.45, 7) is 3.52. The van der Waals surface area contributed by atoms with E-state index in [0.717, 1.165) is 11.5 Å². The topological polar surface area (TPSA) is 107 Å². The van der Waals surface area contributed by atoms with E-state index in [-0.39, 0.29) is 0 Å². The second-order valence-electron chi connectivity index (χ2n) is 4.13. The summed E-state index contributed by atoms with van der Waals surface area (Å²) in [4.78, 5) is 8.76. The third-order valence-corrected chi connectivity index (χ3v) is 2.51. The third kappa shape index (κ3) is 9.50. The highest BCUT2D eigenvalue weighted by Crippen LogP contribution is 2.17. The lowest BCUT2D eigenvalue weighted by molar-refractivity contribution is 0.0358. The van der Waals surface area contributed by atoms with Gasteiger partial charge in [-0.3, -0.25) is 0 Å². The highest BCUT2D eigenvalue weighted by molar-refractivity contribution is 5.31. The Labute approximate surface area is 130 Å². The molecule has 0 heterocycles. The summed E-state index contributed by atoms with van der Waals surface area (Å²) < 4.78 is 21.5. The first-order valence-electron chi connectivity index (χ1n) is 7.01. The van der Waals surface area contributed by atoms with E-state index in [0.29, 0.717) is 52.9 Å². The maximum Gasteiger partial charge on any atom is 0.119 e. The van der Waals surface area contributed by atoms with Gasteiger partial charge in [-0.2, -0.15) is 0 Å². The molecule has 8 heteroatoms. The molecule has 0 unspecified atom stereocenters. The number of benzene rings is 1. The van der Waals surface area contributed by atoms with E-state index >= 15 is 0 Å². The van der Waals surface area contributed by atoms with Gasteiger partial charge in [0.25, 0.3) is 0 Å². The zero-order chi connectivity index (χ0) is 15.9. The molecule has 0 aliphatic rings. The third-order valence-electron chi connectivity index (χ3n) is 2.51. The van der Waals surface area contributed by atoms with E-state index in [2.05, 4.69) is 9.68 Å². The van der Waals surface area contributed by atoms with E-state index < -0.39 is 0 Å². The van der Waals surface area contributed by atoms with Crippen molar-refractivity contribution in [2.75, 3.05) is 52.9 Å². The van der Waals surface area contributed by atoms with Gasteiger partial charge in [0.15, 0.2) is 0 Å². The fraction of sp³-hybridized carbons (Fsp3) is 0.571. The summed E-state index contributed by atoms with van der Waals surface area (Å²) in [5, 5.41) is 0. The number of hydrogen-bond acceptors (Lipinski definition) is 8. The lowest BCUT2D eigenvalue weighted by Gasteiger charge is -2.09. The maximum atomic E-state index is 5.51. The Morgan fingerprint density at radius 2 is 0.909 bits per heavy atom. The van der Waals surface area contributed by atoms with Gasteiger partial charge >= 0.3 is 0 Å². The van der Waals surface area contributed by atoms with Crippen molar-refractivity contribution in [1.29, 1.82) is 0 Å². The second-order valence-corrected chi connectivity index (χ2v) is 4.13. The Morgan fingerprint density at radius 3 is 1.27 bits per heavy atom. The molecule has 0 aromatic heterocycles. The monoisotopic (exact) mass is 316 g/mol. The van der Waals surface area contributed by atoms with Crippen LogP contribution in [0.5, 0.6) is 11.5 Å². The molecule has 126 valence electrons. The molecular weight excluding hydrogens is 292 g/mol. The van der Waals surface area contributed by atoms with Crippen molar-refractivity contribution in [1.82, 2.24) is 0 Å². The SMILES string of the molecule is NOCCOCCOc1ccc(OCCOCCON)cc1. The predicted molar refractivity (Wildman–Crippen MR) is 79.3 cm³/mol. The van der Waals surface area contributed by atoms with Crippen LogP contribution in [0.15, 0.2) is 24.3 Å². The van der Waals surface area contributed by atoms with Crippen molar-refractivity contribution in [3.05, 3.63) is 24.3 Å². The maximum absolute atomic E-state index is 5.51. The molecule has 0 aliphatic heterocycles. The van der Waals surface area contributed by atoms with E-state index in [1.165, 1.54) is 0 Å². The van der Waals surface area contributed by atoms with Gasteiger partial charge in [-0.1, -0.05) is 0 Å². The quantitative estimate of drug-likeness (QED) is 0.372. The van der Waals surface area contributed by atoms with Gasteiger partial charge in [0, 0.05) is 0 Å². The molecule has 0 amide bonds. The van der Waals surface area contributed by atoms with Gasteiger partial charge in [0.1, 0.15) is 24.7 Å². The summed E-state index contributed by atoms with van der Waals surface area (Å²) in [5.74, 6) is 11.2. The lowest BCUT2D eigenvalue weighted by Crippen LogP contribution is -2.13. The summed E-state index contributed by atoms with van der Waals surface area (Å²) in [6.07, 6.45) is 0. The lowest BCUT2D eigenvalue weighted by atomic mass is 10.3. The largest absolute Gasteiger partial charge is 0.491 e. The Hall–Kier alpha value is -1.42. The van der Waals surface area contributed by atoms with Crippen LogP contribution >= 0.6 is 0 Å². The van der Waals surface area contributed by atoms with Crippen LogP contribution in [-0.4, -0.2) is 52.9 Å². The molecule has 1 aromatic rings. The number of nitrogens with two attached hydrogens (primary N) is 2. The summed E-state index contributed by atoms with van der Waals surface area (Å²) in [6, 6.07) is 7.34. The highest BCUT2D eigenvalue weighted by Gasteiger charge is 1.97. The fourth-order valence-electron chi connectivity index (χ4n) is 1.49. The molecule has 0 atom stereocenters.